The first-order valence-corrected chi connectivity index (χ1v) is 10.8. The maximum absolute atomic E-state index is 11.9. The van der Waals surface area contributed by atoms with Crippen molar-refractivity contribution in [3.8, 4) is 0 Å². The Hall–Kier alpha value is -2.41. The molecule has 1 atom stereocenters. The van der Waals surface area contributed by atoms with Crippen molar-refractivity contribution in [1.29, 1.82) is 0 Å². The fourth-order valence-corrected chi connectivity index (χ4v) is 5.72. The van der Waals surface area contributed by atoms with Gasteiger partial charge in [0.2, 0.25) is 5.91 Å². The minimum Gasteiger partial charge on any atom is -0.361 e. The molecule has 1 unspecified atom stereocenters. The molecule has 0 aromatic heterocycles. The van der Waals surface area contributed by atoms with E-state index in [1.165, 1.54) is 5.56 Å². The number of carbonyl (C=O) groups is 1. The summed E-state index contributed by atoms with van der Waals surface area (Å²) in [5, 5.41) is 17.3. The van der Waals surface area contributed by atoms with Gasteiger partial charge >= 0.3 is 0 Å². The number of aliphatic hydroxyl groups is 1. The van der Waals surface area contributed by atoms with E-state index in [9.17, 15) is 9.90 Å². The van der Waals surface area contributed by atoms with Gasteiger partial charge in [0.25, 0.3) is 0 Å². The van der Waals surface area contributed by atoms with Gasteiger partial charge in [0.15, 0.2) is 6.35 Å². The smallest absolute Gasteiger partial charge is 0.228 e. The van der Waals surface area contributed by atoms with Crippen molar-refractivity contribution >= 4 is 17.3 Å². The minimum absolute atomic E-state index is 0.0186. The molecule has 2 fully saturated rings. The third-order valence-electron chi connectivity index (χ3n) is 7.48. The molecule has 158 valence electrons. The Bertz CT molecular complexity index is 951. The average Bonchev–Trinajstić information content (AvgIpc) is 3.28. The van der Waals surface area contributed by atoms with Crippen LogP contribution in [-0.4, -0.2) is 48.4 Å². The topological polar surface area (TPSA) is 67.8 Å². The van der Waals surface area contributed by atoms with E-state index >= 15 is 0 Å². The highest BCUT2D eigenvalue weighted by Gasteiger charge is 2.50. The lowest BCUT2D eigenvalue weighted by Gasteiger charge is -2.49. The van der Waals surface area contributed by atoms with Crippen molar-refractivity contribution in [1.82, 2.24) is 10.2 Å². The number of amides is 1. The molecule has 1 amide bonds. The van der Waals surface area contributed by atoms with E-state index < -0.39 is 6.35 Å². The molecule has 0 bridgehead atoms. The van der Waals surface area contributed by atoms with Gasteiger partial charge in [-0.05, 0) is 57.5 Å². The number of benzene rings is 2. The molecule has 3 aliphatic rings. The third kappa shape index (κ3) is 3.02. The van der Waals surface area contributed by atoms with Crippen LogP contribution in [0.4, 0.5) is 11.4 Å². The zero-order valence-corrected chi connectivity index (χ0v) is 17.7. The van der Waals surface area contributed by atoms with Crippen LogP contribution in [0.1, 0.15) is 36.8 Å². The van der Waals surface area contributed by atoms with Crippen molar-refractivity contribution in [2.45, 2.75) is 49.5 Å². The van der Waals surface area contributed by atoms with Gasteiger partial charge in [-0.2, -0.15) is 0 Å². The lowest BCUT2D eigenvalue weighted by molar-refractivity contribution is -0.115. The Balaban J connectivity index is 1.39. The summed E-state index contributed by atoms with van der Waals surface area (Å²) in [6.07, 6.45) is 3.67. The average molecular weight is 407 g/mol. The summed E-state index contributed by atoms with van der Waals surface area (Å²) >= 11 is 0. The zero-order valence-electron chi connectivity index (χ0n) is 17.7. The summed E-state index contributed by atoms with van der Waals surface area (Å²) in [5.74, 6) is 0.0186. The minimum atomic E-state index is -0.740. The molecule has 1 aliphatic carbocycles. The van der Waals surface area contributed by atoms with Crippen LogP contribution in [0.5, 0.6) is 0 Å². The van der Waals surface area contributed by atoms with Crippen LogP contribution < -0.4 is 15.5 Å². The van der Waals surface area contributed by atoms with E-state index in [2.05, 4.69) is 60.0 Å². The van der Waals surface area contributed by atoms with E-state index in [0.29, 0.717) is 6.42 Å². The van der Waals surface area contributed by atoms with E-state index in [-0.39, 0.29) is 17.0 Å². The molecule has 2 aromatic rings. The molecule has 0 radical (unpaired) electrons. The number of hydrogen-bond acceptors (Lipinski definition) is 5. The van der Waals surface area contributed by atoms with Crippen molar-refractivity contribution < 1.29 is 9.90 Å². The lowest BCUT2D eigenvalue weighted by atomic mass is 9.69. The monoisotopic (exact) mass is 406 g/mol. The second-order valence-electron chi connectivity index (χ2n) is 9.25. The number of nitrogens with one attached hydrogen (secondary N) is 2. The predicted molar refractivity (Wildman–Crippen MR) is 118 cm³/mol. The number of carbonyl (C=O) groups excluding carboxylic acids is 1. The maximum Gasteiger partial charge on any atom is 0.228 e. The molecule has 5 rings (SSSR count). The van der Waals surface area contributed by atoms with E-state index in [1.807, 2.05) is 23.1 Å². The molecule has 6 heteroatoms. The number of rotatable bonds is 3. The van der Waals surface area contributed by atoms with E-state index in [0.717, 1.165) is 49.2 Å². The van der Waals surface area contributed by atoms with Crippen molar-refractivity contribution in [3.63, 3.8) is 0 Å². The first-order valence-electron chi connectivity index (χ1n) is 10.8. The van der Waals surface area contributed by atoms with Crippen molar-refractivity contribution in [2.24, 2.45) is 0 Å². The summed E-state index contributed by atoms with van der Waals surface area (Å²) in [4.78, 5) is 16.3. The van der Waals surface area contributed by atoms with Gasteiger partial charge in [-0.3, -0.25) is 15.0 Å². The lowest BCUT2D eigenvalue weighted by Crippen LogP contribution is -2.54. The second-order valence-corrected chi connectivity index (χ2v) is 9.25. The van der Waals surface area contributed by atoms with Gasteiger partial charge in [-0.25, -0.2) is 0 Å². The Morgan fingerprint density at radius 3 is 2.47 bits per heavy atom. The Kier molecular flexibility index (Phi) is 4.61. The van der Waals surface area contributed by atoms with Gasteiger partial charge in [-0.15, -0.1) is 0 Å². The molecular weight excluding hydrogens is 376 g/mol. The molecule has 1 spiro atoms. The van der Waals surface area contributed by atoms with Crippen molar-refractivity contribution in [3.05, 3.63) is 59.7 Å². The quantitative estimate of drug-likeness (QED) is 0.731. The highest BCUT2D eigenvalue weighted by atomic mass is 16.3. The van der Waals surface area contributed by atoms with E-state index in [4.69, 9.17) is 0 Å². The van der Waals surface area contributed by atoms with Gasteiger partial charge in [-0.1, -0.05) is 36.4 Å². The van der Waals surface area contributed by atoms with Crippen LogP contribution in [0.25, 0.3) is 0 Å². The molecule has 2 heterocycles. The summed E-state index contributed by atoms with van der Waals surface area (Å²) in [7, 11) is 4.34. The summed E-state index contributed by atoms with van der Waals surface area (Å²) in [5.41, 5.74) is 4.08. The SMILES string of the molecule is CN(C)[C@]1(c2ccccc2)CC[C@]2(CC1)CN(c1cccc3c1CC(=O)N3)C(O)N2. The third-order valence-corrected chi connectivity index (χ3v) is 7.48. The molecule has 30 heavy (non-hydrogen) atoms. The summed E-state index contributed by atoms with van der Waals surface area (Å²) < 4.78 is 0. The van der Waals surface area contributed by atoms with Crippen molar-refractivity contribution in [2.75, 3.05) is 30.9 Å². The van der Waals surface area contributed by atoms with Crippen LogP contribution in [0.2, 0.25) is 0 Å². The Morgan fingerprint density at radius 2 is 1.77 bits per heavy atom. The molecule has 2 aromatic carbocycles. The first-order chi connectivity index (χ1) is 14.4. The standard InChI is InChI=1S/C24H30N4O2/c1-27(2)24(17-7-4-3-5-8-17)13-11-23(12-14-24)16-28(22(30)26-23)20-10-6-9-19-18(20)15-21(29)25-19/h3-10,22,26,30H,11-16H2,1-2H3,(H,25,29)/t22?,23-,24+. The number of anilines is 2. The normalized spacial score (nSPS) is 30.7. The zero-order chi connectivity index (χ0) is 20.9. The van der Waals surface area contributed by atoms with Gasteiger partial charge in [0.05, 0.1) is 6.42 Å². The number of nitrogens with zero attached hydrogens (tertiary/aromatic N) is 2. The molecular formula is C24H30N4O2. The second kappa shape index (κ2) is 7.08. The number of aliphatic hydroxyl groups excluding tert-OH is 1. The Morgan fingerprint density at radius 1 is 1.03 bits per heavy atom. The predicted octanol–water partition coefficient (Wildman–Crippen LogP) is 2.64. The van der Waals surface area contributed by atoms with Gasteiger partial charge in [0.1, 0.15) is 0 Å². The van der Waals surface area contributed by atoms with Crippen LogP contribution in [0.3, 0.4) is 0 Å². The molecule has 6 nitrogen and oxygen atoms in total. The molecule has 1 saturated carbocycles. The Labute approximate surface area is 177 Å². The summed E-state index contributed by atoms with van der Waals surface area (Å²) in [6.45, 7) is 0.747. The number of fused-ring (bicyclic) bond motifs is 1. The molecule has 3 N–H and O–H groups in total. The first kappa shape index (κ1) is 19.5. The summed E-state index contributed by atoms with van der Waals surface area (Å²) in [6, 6.07) is 16.7. The molecule has 2 aliphatic heterocycles. The maximum atomic E-state index is 11.9. The highest BCUT2D eigenvalue weighted by molar-refractivity contribution is 6.01. The van der Waals surface area contributed by atoms with Crippen LogP contribution in [0.15, 0.2) is 48.5 Å². The highest BCUT2D eigenvalue weighted by Crippen LogP contribution is 2.47. The van der Waals surface area contributed by atoms with Gasteiger partial charge < -0.3 is 15.3 Å². The fraction of sp³-hybridized carbons (Fsp3) is 0.458. The van der Waals surface area contributed by atoms with E-state index in [1.54, 1.807) is 0 Å². The van der Waals surface area contributed by atoms with Gasteiger partial charge in [0, 0.05) is 34.6 Å². The fourth-order valence-electron chi connectivity index (χ4n) is 5.72. The van der Waals surface area contributed by atoms with Crippen LogP contribution in [-0.2, 0) is 16.8 Å². The van der Waals surface area contributed by atoms with Crippen LogP contribution >= 0.6 is 0 Å². The number of hydrogen-bond donors (Lipinski definition) is 3. The largest absolute Gasteiger partial charge is 0.361 e. The molecule has 1 saturated heterocycles. The van der Waals surface area contributed by atoms with Crippen LogP contribution in [0, 0.1) is 0 Å².